The van der Waals surface area contributed by atoms with Gasteiger partial charge in [-0.2, -0.15) is 0 Å². The van der Waals surface area contributed by atoms with Crippen molar-refractivity contribution in [1.82, 2.24) is 4.98 Å². The van der Waals surface area contributed by atoms with Crippen molar-refractivity contribution < 1.29 is 14.3 Å². The van der Waals surface area contributed by atoms with Crippen LogP contribution in [0.25, 0.3) is 21.8 Å². The first kappa shape index (κ1) is 13.7. The van der Waals surface area contributed by atoms with Crippen LogP contribution in [0.2, 0.25) is 0 Å². The Morgan fingerprint density at radius 3 is 2.87 bits per heavy atom. The van der Waals surface area contributed by atoms with Crippen LogP contribution in [0.3, 0.4) is 0 Å². The van der Waals surface area contributed by atoms with Gasteiger partial charge in [-0.15, -0.1) is 0 Å². The third-order valence-electron chi connectivity index (χ3n) is 4.26. The molecule has 0 radical (unpaired) electrons. The molecule has 2 heterocycles. The second kappa shape index (κ2) is 5.05. The third-order valence-corrected chi connectivity index (χ3v) is 4.26. The lowest BCUT2D eigenvalue weighted by Crippen LogP contribution is -2.36. The normalized spacial score (nSPS) is 16.9. The molecule has 1 atom stereocenters. The first-order valence-electron chi connectivity index (χ1n) is 7.37. The number of hydrogen-bond acceptors (Lipinski definition) is 4. The van der Waals surface area contributed by atoms with E-state index in [1.165, 1.54) is 7.11 Å². The molecule has 4 rings (SSSR count). The zero-order valence-corrected chi connectivity index (χ0v) is 12.5. The van der Waals surface area contributed by atoms with Crippen LogP contribution in [0.4, 0.5) is 5.69 Å². The smallest absolute Gasteiger partial charge is 0.318 e. The van der Waals surface area contributed by atoms with Gasteiger partial charge < -0.3 is 10.1 Å². The summed E-state index contributed by atoms with van der Waals surface area (Å²) in [6.07, 6.45) is 0.344. The molecule has 2 aromatic carbocycles. The zero-order chi connectivity index (χ0) is 16.0. The molecule has 0 spiro atoms. The van der Waals surface area contributed by atoms with Gasteiger partial charge in [0.15, 0.2) is 0 Å². The molecule has 0 bridgehead atoms. The Morgan fingerprint density at radius 1 is 1.22 bits per heavy atom. The lowest BCUT2D eigenvalue weighted by molar-refractivity contribution is -0.148. The largest absolute Gasteiger partial charge is 0.468 e. The number of benzene rings is 2. The van der Waals surface area contributed by atoms with Gasteiger partial charge in [-0.25, -0.2) is 4.98 Å². The molecular formula is C18H14N2O3. The molecule has 23 heavy (non-hydrogen) atoms. The predicted octanol–water partition coefficient (Wildman–Crippen LogP) is 2.67. The number of carbonyl (C=O) groups is 2. The number of anilines is 1. The summed E-state index contributed by atoms with van der Waals surface area (Å²) >= 11 is 0. The molecule has 5 heteroatoms. The molecule has 5 nitrogen and oxygen atoms in total. The minimum atomic E-state index is -0.793. The molecule has 0 aliphatic carbocycles. The van der Waals surface area contributed by atoms with Gasteiger partial charge >= 0.3 is 5.97 Å². The molecular weight excluding hydrogens is 292 g/mol. The van der Waals surface area contributed by atoms with Crippen LogP contribution in [0.15, 0.2) is 42.5 Å². The number of nitrogens with one attached hydrogen (secondary N) is 1. The average molecular weight is 306 g/mol. The zero-order valence-electron chi connectivity index (χ0n) is 12.5. The fraction of sp³-hybridized carbons (Fsp3) is 0.167. The Balaban J connectivity index is 1.90. The van der Waals surface area contributed by atoms with Gasteiger partial charge in [0.25, 0.3) is 0 Å². The van der Waals surface area contributed by atoms with Crippen molar-refractivity contribution in [3.63, 3.8) is 0 Å². The van der Waals surface area contributed by atoms with E-state index in [2.05, 4.69) is 10.3 Å². The number of rotatable bonds is 1. The van der Waals surface area contributed by atoms with Crippen molar-refractivity contribution in [1.29, 1.82) is 0 Å². The van der Waals surface area contributed by atoms with Gasteiger partial charge in [-0.05, 0) is 30.2 Å². The Morgan fingerprint density at radius 2 is 2.04 bits per heavy atom. The molecule has 114 valence electrons. The fourth-order valence-corrected chi connectivity index (χ4v) is 3.07. The highest BCUT2D eigenvalue weighted by atomic mass is 16.5. The Bertz CT molecular complexity index is 965. The lowest BCUT2D eigenvalue weighted by atomic mass is 9.91. The Labute approximate surface area is 132 Å². The number of carbonyl (C=O) groups excluding carboxylic acids is 2. The summed E-state index contributed by atoms with van der Waals surface area (Å²) in [5.41, 5.74) is 3.39. The summed E-state index contributed by atoms with van der Waals surface area (Å²) in [6, 6.07) is 13.7. The number of amides is 1. The highest BCUT2D eigenvalue weighted by Crippen LogP contribution is 2.34. The van der Waals surface area contributed by atoms with E-state index in [1.807, 2.05) is 42.5 Å². The highest BCUT2D eigenvalue weighted by molar-refractivity contribution is 6.12. The summed E-state index contributed by atoms with van der Waals surface area (Å²) in [5, 5.41) is 4.75. The Hall–Kier alpha value is -2.95. The highest BCUT2D eigenvalue weighted by Gasteiger charge is 2.33. The molecule has 0 saturated heterocycles. The van der Waals surface area contributed by atoms with Crippen molar-refractivity contribution in [2.45, 2.75) is 6.42 Å². The first-order valence-corrected chi connectivity index (χ1v) is 7.37. The monoisotopic (exact) mass is 306 g/mol. The fourth-order valence-electron chi connectivity index (χ4n) is 3.07. The topological polar surface area (TPSA) is 68.3 Å². The van der Waals surface area contributed by atoms with E-state index in [1.54, 1.807) is 0 Å². The lowest BCUT2D eigenvalue weighted by Gasteiger charge is -2.24. The third kappa shape index (κ3) is 2.12. The number of ether oxygens (including phenoxy) is 1. The molecule has 1 amide bonds. The molecule has 1 unspecified atom stereocenters. The summed E-state index contributed by atoms with van der Waals surface area (Å²) < 4.78 is 4.71. The molecule has 3 aromatic rings. The number of methoxy groups -OCH3 is 1. The van der Waals surface area contributed by atoms with Crippen LogP contribution in [0, 0.1) is 5.92 Å². The maximum absolute atomic E-state index is 12.2. The maximum atomic E-state index is 12.2. The van der Waals surface area contributed by atoms with Crippen molar-refractivity contribution in [2.75, 3.05) is 12.4 Å². The predicted molar refractivity (Wildman–Crippen MR) is 87.1 cm³/mol. The minimum Gasteiger partial charge on any atom is -0.468 e. The summed E-state index contributed by atoms with van der Waals surface area (Å²) in [4.78, 5) is 28.6. The van der Waals surface area contributed by atoms with Crippen LogP contribution >= 0.6 is 0 Å². The van der Waals surface area contributed by atoms with E-state index < -0.39 is 11.9 Å². The van der Waals surface area contributed by atoms with Crippen LogP contribution in [-0.2, 0) is 20.7 Å². The molecule has 1 aromatic heterocycles. The van der Waals surface area contributed by atoms with Gasteiger partial charge in [-0.1, -0.05) is 24.3 Å². The van der Waals surface area contributed by atoms with Crippen LogP contribution in [0.5, 0.6) is 0 Å². The number of aromatic nitrogens is 1. The number of pyridine rings is 1. The van der Waals surface area contributed by atoms with E-state index >= 15 is 0 Å². The van der Waals surface area contributed by atoms with Crippen molar-refractivity contribution in [2.24, 2.45) is 5.92 Å². The van der Waals surface area contributed by atoms with Crippen molar-refractivity contribution in [3.8, 4) is 0 Å². The Kier molecular flexibility index (Phi) is 3.01. The SMILES string of the molecule is COC(=O)C1Cc2ccc3nc4ccccc4cc3c2NC1=O. The van der Waals surface area contributed by atoms with Gasteiger partial charge in [0.2, 0.25) is 5.91 Å². The number of para-hydroxylation sites is 1. The van der Waals surface area contributed by atoms with E-state index in [0.717, 1.165) is 33.1 Å². The minimum absolute atomic E-state index is 0.329. The van der Waals surface area contributed by atoms with Crippen LogP contribution < -0.4 is 5.32 Å². The maximum Gasteiger partial charge on any atom is 0.318 e. The second-order valence-corrected chi connectivity index (χ2v) is 5.62. The number of hydrogen-bond donors (Lipinski definition) is 1. The van der Waals surface area contributed by atoms with Gasteiger partial charge in [0.1, 0.15) is 5.92 Å². The van der Waals surface area contributed by atoms with E-state index in [4.69, 9.17) is 4.74 Å². The molecule has 1 N–H and O–H groups in total. The molecule has 0 saturated carbocycles. The molecule has 1 aliphatic rings. The summed E-state index contributed by atoms with van der Waals surface area (Å²) in [5.74, 6) is -1.63. The molecule has 0 fully saturated rings. The number of esters is 1. The summed E-state index contributed by atoms with van der Waals surface area (Å²) in [7, 11) is 1.29. The van der Waals surface area contributed by atoms with Crippen LogP contribution in [-0.4, -0.2) is 24.0 Å². The van der Waals surface area contributed by atoms with Crippen molar-refractivity contribution >= 4 is 39.4 Å². The number of fused-ring (bicyclic) bond motifs is 4. The van der Waals surface area contributed by atoms with E-state index in [-0.39, 0.29) is 5.91 Å². The van der Waals surface area contributed by atoms with Crippen molar-refractivity contribution in [3.05, 3.63) is 48.0 Å². The van der Waals surface area contributed by atoms with Gasteiger partial charge in [0.05, 0.1) is 23.8 Å². The first-order chi connectivity index (χ1) is 11.2. The van der Waals surface area contributed by atoms with Gasteiger partial charge in [-0.3, -0.25) is 9.59 Å². The molecule has 1 aliphatic heterocycles. The standard InChI is InChI=1S/C18H14N2O3/c1-23-18(22)13-9-11-6-7-15-12(16(11)20-17(13)21)8-10-4-2-3-5-14(10)19-15/h2-8,13H,9H2,1H3,(H,20,21). The van der Waals surface area contributed by atoms with Gasteiger partial charge in [0, 0.05) is 10.8 Å². The quantitative estimate of drug-likeness (QED) is 0.426. The van der Waals surface area contributed by atoms with E-state index in [9.17, 15) is 9.59 Å². The average Bonchev–Trinajstić information content (AvgIpc) is 2.59. The second-order valence-electron chi connectivity index (χ2n) is 5.62. The number of nitrogens with zero attached hydrogens (tertiary/aromatic N) is 1. The van der Waals surface area contributed by atoms with Crippen LogP contribution in [0.1, 0.15) is 5.56 Å². The summed E-state index contributed by atoms with van der Waals surface area (Å²) in [6.45, 7) is 0. The van der Waals surface area contributed by atoms with E-state index in [0.29, 0.717) is 6.42 Å².